The molecule has 0 saturated carbocycles. The van der Waals surface area contributed by atoms with Crippen LogP contribution in [-0.2, 0) is 0 Å². The molecule has 0 fully saturated rings. The first-order chi connectivity index (χ1) is 6.24. The van der Waals surface area contributed by atoms with Crippen LogP contribution in [0.4, 0.5) is 5.69 Å². The quantitative estimate of drug-likeness (QED) is 0.442. The maximum Gasteiger partial charge on any atom is 0.0594 e. The van der Waals surface area contributed by atoms with Crippen molar-refractivity contribution in [3.05, 3.63) is 23.8 Å². The van der Waals surface area contributed by atoms with Crippen LogP contribution in [0, 0.1) is 18.8 Å². The molecule has 13 heavy (non-hydrogen) atoms. The van der Waals surface area contributed by atoms with Crippen LogP contribution in [0.5, 0.6) is 0 Å². The van der Waals surface area contributed by atoms with Crippen LogP contribution < -0.4 is 5.73 Å². The van der Waals surface area contributed by atoms with Gasteiger partial charge in [0.2, 0.25) is 0 Å². The third-order valence-electron chi connectivity index (χ3n) is 1.73. The zero-order valence-corrected chi connectivity index (χ0v) is 8.74. The fraction of sp³-hybridized carbons (Fsp3) is 0.273. The molecule has 1 nitrogen and oxygen atoms in total. The Morgan fingerprint density at radius 2 is 2.23 bits per heavy atom. The number of thioether (sulfide) groups is 1. The number of rotatable bonds is 2. The summed E-state index contributed by atoms with van der Waals surface area (Å²) in [5.41, 5.74) is 7.69. The SMILES string of the molecule is CC#CCSc1ccc(N)c(C)c1. The van der Waals surface area contributed by atoms with Crippen molar-refractivity contribution in [2.45, 2.75) is 18.7 Å². The highest BCUT2D eigenvalue weighted by molar-refractivity contribution is 7.99. The zero-order valence-electron chi connectivity index (χ0n) is 7.92. The smallest absolute Gasteiger partial charge is 0.0594 e. The standard InChI is InChI=1S/C11H13NS/c1-3-4-7-13-10-5-6-11(12)9(2)8-10/h5-6,8H,7,12H2,1-2H3. The number of nitrogens with two attached hydrogens (primary N) is 1. The van der Waals surface area contributed by atoms with Crippen molar-refractivity contribution < 1.29 is 0 Å². The minimum atomic E-state index is 0.847. The van der Waals surface area contributed by atoms with Gasteiger partial charge in [0.1, 0.15) is 0 Å². The van der Waals surface area contributed by atoms with E-state index in [-0.39, 0.29) is 0 Å². The second-order valence-electron chi connectivity index (χ2n) is 2.73. The zero-order chi connectivity index (χ0) is 9.68. The third kappa shape index (κ3) is 3.04. The summed E-state index contributed by atoms with van der Waals surface area (Å²) in [4.78, 5) is 1.23. The van der Waals surface area contributed by atoms with Gasteiger partial charge in [-0.2, -0.15) is 0 Å². The number of hydrogen-bond acceptors (Lipinski definition) is 2. The average molecular weight is 191 g/mol. The maximum atomic E-state index is 5.71. The molecule has 1 rings (SSSR count). The van der Waals surface area contributed by atoms with Gasteiger partial charge in [-0.05, 0) is 37.6 Å². The Labute approximate surface area is 83.7 Å². The van der Waals surface area contributed by atoms with Gasteiger partial charge in [-0.15, -0.1) is 17.7 Å². The van der Waals surface area contributed by atoms with Crippen LogP contribution in [-0.4, -0.2) is 5.75 Å². The maximum absolute atomic E-state index is 5.71. The van der Waals surface area contributed by atoms with Crippen LogP contribution in [0.3, 0.4) is 0 Å². The lowest BCUT2D eigenvalue weighted by Gasteiger charge is -2.02. The Kier molecular flexibility index (Phi) is 3.72. The van der Waals surface area contributed by atoms with Gasteiger partial charge in [0.05, 0.1) is 5.75 Å². The normalized spacial score (nSPS) is 9.08. The molecule has 0 aliphatic heterocycles. The fourth-order valence-corrected chi connectivity index (χ4v) is 1.74. The van der Waals surface area contributed by atoms with Gasteiger partial charge in [0, 0.05) is 10.6 Å². The third-order valence-corrected chi connectivity index (χ3v) is 2.60. The van der Waals surface area contributed by atoms with Gasteiger partial charge in [0.15, 0.2) is 0 Å². The molecular weight excluding hydrogens is 178 g/mol. The van der Waals surface area contributed by atoms with E-state index < -0.39 is 0 Å². The minimum absolute atomic E-state index is 0.847. The number of anilines is 1. The van der Waals surface area contributed by atoms with Crippen molar-refractivity contribution in [2.24, 2.45) is 0 Å². The summed E-state index contributed by atoms with van der Waals surface area (Å²) in [5.74, 6) is 6.73. The van der Waals surface area contributed by atoms with E-state index >= 15 is 0 Å². The number of hydrogen-bond donors (Lipinski definition) is 1. The average Bonchev–Trinajstić information content (AvgIpc) is 2.12. The lowest BCUT2D eigenvalue weighted by Crippen LogP contribution is -1.88. The van der Waals surface area contributed by atoms with Crippen LogP contribution >= 0.6 is 11.8 Å². The van der Waals surface area contributed by atoms with Crippen molar-refractivity contribution >= 4 is 17.4 Å². The Morgan fingerprint density at radius 3 is 2.85 bits per heavy atom. The summed E-state index contributed by atoms with van der Waals surface area (Å²) in [7, 11) is 0. The van der Waals surface area contributed by atoms with Crippen molar-refractivity contribution in [2.75, 3.05) is 11.5 Å². The summed E-state index contributed by atoms with van der Waals surface area (Å²) < 4.78 is 0. The molecule has 0 amide bonds. The molecule has 0 atom stereocenters. The molecule has 68 valence electrons. The molecule has 0 saturated heterocycles. The molecule has 0 aromatic heterocycles. The van der Waals surface area contributed by atoms with Gasteiger partial charge < -0.3 is 5.73 Å². The first-order valence-electron chi connectivity index (χ1n) is 4.12. The predicted molar refractivity (Wildman–Crippen MR) is 59.8 cm³/mol. The Bertz CT molecular complexity index is 347. The van der Waals surface area contributed by atoms with Crippen molar-refractivity contribution in [1.29, 1.82) is 0 Å². The topological polar surface area (TPSA) is 26.0 Å². The van der Waals surface area contributed by atoms with Gasteiger partial charge in [-0.25, -0.2) is 0 Å². The van der Waals surface area contributed by atoms with E-state index in [1.54, 1.807) is 11.8 Å². The molecule has 0 heterocycles. The number of aryl methyl sites for hydroxylation is 1. The van der Waals surface area contributed by atoms with Gasteiger partial charge >= 0.3 is 0 Å². The molecule has 0 radical (unpaired) electrons. The van der Waals surface area contributed by atoms with Crippen LogP contribution in [0.25, 0.3) is 0 Å². The van der Waals surface area contributed by atoms with Crippen molar-refractivity contribution in [3.63, 3.8) is 0 Å². The monoisotopic (exact) mass is 191 g/mol. The predicted octanol–water partition coefficient (Wildman–Crippen LogP) is 2.69. The Hall–Kier alpha value is -1.07. The van der Waals surface area contributed by atoms with E-state index in [9.17, 15) is 0 Å². The van der Waals surface area contributed by atoms with Crippen LogP contribution in [0.2, 0.25) is 0 Å². The molecule has 1 aromatic rings. The molecule has 2 heteroatoms. The molecule has 0 spiro atoms. The molecule has 0 bridgehead atoms. The number of nitrogen functional groups attached to an aromatic ring is 1. The van der Waals surface area contributed by atoms with Crippen molar-refractivity contribution in [3.8, 4) is 11.8 Å². The first-order valence-corrected chi connectivity index (χ1v) is 5.11. The van der Waals surface area contributed by atoms with Crippen LogP contribution in [0.1, 0.15) is 12.5 Å². The minimum Gasteiger partial charge on any atom is -0.399 e. The van der Waals surface area contributed by atoms with Gasteiger partial charge in [-0.1, -0.05) is 5.92 Å². The summed E-state index contributed by atoms with van der Waals surface area (Å²) in [5, 5.41) is 0. The number of benzene rings is 1. The molecule has 2 N–H and O–H groups in total. The summed E-state index contributed by atoms with van der Waals surface area (Å²) in [6.45, 7) is 3.87. The lowest BCUT2D eigenvalue weighted by molar-refractivity contribution is 1.36. The van der Waals surface area contributed by atoms with Gasteiger partial charge in [0.25, 0.3) is 0 Å². The van der Waals surface area contributed by atoms with E-state index in [2.05, 4.69) is 17.9 Å². The van der Waals surface area contributed by atoms with E-state index in [1.807, 2.05) is 26.0 Å². The largest absolute Gasteiger partial charge is 0.399 e. The molecular formula is C11H13NS. The first kappa shape index (κ1) is 10.0. The van der Waals surface area contributed by atoms with E-state index in [0.29, 0.717) is 0 Å². The Balaban J connectivity index is 2.66. The highest BCUT2D eigenvalue weighted by Gasteiger charge is 1.95. The highest BCUT2D eigenvalue weighted by Crippen LogP contribution is 2.21. The lowest BCUT2D eigenvalue weighted by atomic mass is 10.2. The summed E-state index contributed by atoms with van der Waals surface area (Å²) >= 11 is 1.74. The van der Waals surface area contributed by atoms with E-state index in [4.69, 9.17) is 5.73 Å². The highest BCUT2D eigenvalue weighted by atomic mass is 32.2. The molecule has 0 unspecified atom stereocenters. The van der Waals surface area contributed by atoms with Gasteiger partial charge in [-0.3, -0.25) is 0 Å². The molecule has 0 aliphatic carbocycles. The summed E-state index contributed by atoms with van der Waals surface area (Å²) in [6.07, 6.45) is 0. The second kappa shape index (κ2) is 4.84. The second-order valence-corrected chi connectivity index (χ2v) is 3.78. The van der Waals surface area contributed by atoms with Crippen molar-refractivity contribution in [1.82, 2.24) is 0 Å². The fourth-order valence-electron chi connectivity index (χ4n) is 0.930. The van der Waals surface area contributed by atoms with E-state index in [1.165, 1.54) is 4.90 Å². The van der Waals surface area contributed by atoms with E-state index in [0.717, 1.165) is 17.0 Å². The van der Waals surface area contributed by atoms with Crippen LogP contribution in [0.15, 0.2) is 23.1 Å². The molecule has 1 aromatic carbocycles. The summed E-state index contributed by atoms with van der Waals surface area (Å²) in [6, 6.07) is 6.07. The molecule has 0 aliphatic rings. The Morgan fingerprint density at radius 1 is 1.46 bits per heavy atom.